The SMILES string of the molecule is Cc1ccc(S(=O)(=O)N(CC(F)(F)F)c2cnc(N(CC(=O)O)S(=O)(=O)c3ccc(C)cc3)c3ccccc23)cc1. The molecule has 1 heterocycles. The summed E-state index contributed by atoms with van der Waals surface area (Å²) in [6, 6.07) is 16.4. The monoisotopic (exact) mass is 607 g/mol. The number of aryl methyl sites for hydroxylation is 2. The smallest absolute Gasteiger partial charge is 0.407 e. The first-order chi connectivity index (χ1) is 19.1. The first-order valence-electron chi connectivity index (χ1n) is 12.0. The molecule has 0 saturated carbocycles. The maximum absolute atomic E-state index is 13.7. The molecule has 0 spiro atoms. The van der Waals surface area contributed by atoms with E-state index < -0.39 is 61.7 Å². The van der Waals surface area contributed by atoms with Gasteiger partial charge in [-0.25, -0.2) is 26.1 Å². The van der Waals surface area contributed by atoms with Gasteiger partial charge in [-0.2, -0.15) is 13.2 Å². The summed E-state index contributed by atoms with van der Waals surface area (Å²) >= 11 is 0. The zero-order chi connectivity index (χ0) is 30.2. The Kier molecular flexibility index (Phi) is 8.00. The molecule has 0 fully saturated rings. The Bertz CT molecular complexity index is 1810. The predicted octanol–water partition coefficient (Wildman–Crippen LogP) is 4.89. The van der Waals surface area contributed by atoms with Crippen molar-refractivity contribution in [3.05, 3.63) is 90.1 Å². The van der Waals surface area contributed by atoms with Gasteiger partial charge in [-0.05, 0) is 38.1 Å². The number of carboxylic acids is 1. The lowest BCUT2D eigenvalue weighted by molar-refractivity contribution is -0.135. The van der Waals surface area contributed by atoms with Crippen LogP contribution in [0.25, 0.3) is 10.8 Å². The number of benzene rings is 3. The largest absolute Gasteiger partial charge is 0.480 e. The maximum Gasteiger partial charge on any atom is 0.407 e. The number of fused-ring (bicyclic) bond motifs is 1. The summed E-state index contributed by atoms with van der Waals surface area (Å²) in [7, 11) is -9.29. The quantitative estimate of drug-likeness (QED) is 0.287. The summed E-state index contributed by atoms with van der Waals surface area (Å²) in [6.45, 7) is 0.472. The minimum Gasteiger partial charge on any atom is -0.480 e. The molecule has 3 aromatic carbocycles. The molecule has 0 bridgehead atoms. The second kappa shape index (κ2) is 11.0. The molecule has 0 unspecified atom stereocenters. The number of halogens is 3. The fraction of sp³-hybridized carbons (Fsp3) is 0.185. The molecule has 0 aliphatic rings. The minimum absolute atomic E-state index is 0.0757. The van der Waals surface area contributed by atoms with Crippen LogP contribution in [0.4, 0.5) is 24.7 Å². The van der Waals surface area contributed by atoms with E-state index in [2.05, 4.69) is 4.98 Å². The summed E-state index contributed by atoms with van der Waals surface area (Å²) in [6.07, 6.45) is -4.16. The molecule has 1 N–H and O–H groups in total. The highest BCUT2D eigenvalue weighted by molar-refractivity contribution is 7.93. The Morgan fingerprint density at radius 3 is 1.71 bits per heavy atom. The van der Waals surface area contributed by atoms with E-state index in [-0.39, 0.29) is 20.0 Å². The van der Waals surface area contributed by atoms with Crippen LogP contribution < -0.4 is 8.61 Å². The van der Waals surface area contributed by atoms with E-state index in [0.717, 1.165) is 11.8 Å². The van der Waals surface area contributed by atoms with Crippen molar-refractivity contribution in [3.8, 4) is 0 Å². The minimum atomic E-state index is -4.96. The van der Waals surface area contributed by atoms with Gasteiger partial charge in [0.15, 0.2) is 5.82 Å². The number of hydrogen-bond donors (Lipinski definition) is 1. The van der Waals surface area contributed by atoms with Crippen molar-refractivity contribution < 1.29 is 39.9 Å². The summed E-state index contributed by atoms with van der Waals surface area (Å²) in [5.41, 5.74) is 0.975. The van der Waals surface area contributed by atoms with Gasteiger partial charge >= 0.3 is 12.1 Å². The van der Waals surface area contributed by atoms with Crippen molar-refractivity contribution in [1.82, 2.24) is 4.98 Å². The van der Waals surface area contributed by atoms with Gasteiger partial charge in [0.25, 0.3) is 20.0 Å². The number of carbonyl (C=O) groups is 1. The molecule has 1 aromatic heterocycles. The van der Waals surface area contributed by atoms with Gasteiger partial charge in [0.2, 0.25) is 0 Å². The predicted molar refractivity (Wildman–Crippen MR) is 147 cm³/mol. The first kappa shape index (κ1) is 29.8. The molecule has 4 aromatic rings. The van der Waals surface area contributed by atoms with Crippen molar-refractivity contribution in [2.45, 2.75) is 29.8 Å². The molecule has 0 aliphatic heterocycles. The Morgan fingerprint density at radius 2 is 1.24 bits per heavy atom. The average molecular weight is 608 g/mol. The van der Waals surface area contributed by atoms with E-state index >= 15 is 0 Å². The van der Waals surface area contributed by atoms with Crippen molar-refractivity contribution in [2.75, 3.05) is 21.7 Å². The standard InChI is InChI=1S/C27H24F3N3O6S2/c1-18-7-11-20(12-8-18)40(36,37)32(16-25(34)35)26-23-6-4-3-5-22(23)24(15-31-26)33(17-27(28,29)30)41(38,39)21-13-9-19(2)10-14-21/h3-15H,16-17H2,1-2H3,(H,34,35). The number of hydrogen-bond acceptors (Lipinski definition) is 6. The second-order valence-electron chi connectivity index (χ2n) is 9.17. The number of pyridine rings is 1. The average Bonchev–Trinajstić information content (AvgIpc) is 2.90. The zero-order valence-electron chi connectivity index (χ0n) is 21.7. The molecule has 0 radical (unpaired) electrons. The summed E-state index contributed by atoms with van der Waals surface area (Å²) in [5, 5.41) is 9.38. The van der Waals surface area contributed by atoms with Gasteiger partial charge in [0.05, 0.1) is 21.7 Å². The Balaban J connectivity index is 1.96. The van der Waals surface area contributed by atoms with Crippen molar-refractivity contribution in [2.24, 2.45) is 0 Å². The van der Waals surface area contributed by atoms with Gasteiger partial charge in [-0.1, -0.05) is 59.7 Å². The van der Waals surface area contributed by atoms with Crippen molar-refractivity contribution in [1.29, 1.82) is 0 Å². The molecular formula is C27H24F3N3O6S2. The normalized spacial score (nSPS) is 12.3. The van der Waals surface area contributed by atoms with E-state index in [1.165, 1.54) is 72.8 Å². The van der Waals surface area contributed by atoms with E-state index in [1.54, 1.807) is 13.8 Å². The number of aliphatic carboxylic acids is 1. The van der Waals surface area contributed by atoms with E-state index in [0.29, 0.717) is 9.87 Å². The lowest BCUT2D eigenvalue weighted by Gasteiger charge is -2.28. The molecule has 0 atom stereocenters. The lowest BCUT2D eigenvalue weighted by atomic mass is 10.1. The fourth-order valence-electron chi connectivity index (χ4n) is 4.09. The van der Waals surface area contributed by atoms with Gasteiger partial charge in [0, 0.05) is 10.8 Å². The van der Waals surface area contributed by atoms with Crippen LogP contribution in [0.15, 0.2) is 88.8 Å². The van der Waals surface area contributed by atoms with Crippen LogP contribution in [0.3, 0.4) is 0 Å². The summed E-state index contributed by atoms with van der Waals surface area (Å²) < 4.78 is 96.1. The number of sulfonamides is 2. The number of alkyl halides is 3. The van der Waals surface area contributed by atoms with Crippen LogP contribution in [0.5, 0.6) is 0 Å². The molecular weight excluding hydrogens is 583 g/mol. The Hall–Kier alpha value is -4.17. The third-order valence-corrected chi connectivity index (χ3v) is 9.60. The van der Waals surface area contributed by atoms with Gasteiger partial charge in [0.1, 0.15) is 13.1 Å². The first-order valence-corrected chi connectivity index (χ1v) is 14.8. The number of carboxylic acid groups (broad SMARTS) is 1. The summed E-state index contributed by atoms with van der Waals surface area (Å²) in [4.78, 5) is 15.2. The van der Waals surface area contributed by atoms with Crippen LogP contribution in [-0.4, -0.2) is 52.2 Å². The summed E-state index contributed by atoms with van der Waals surface area (Å²) in [5.74, 6) is -1.91. The van der Waals surface area contributed by atoms with Gasteiger partial charge in [-0.3, -0.25) is 9.10 Å². The Labute approximate surface area is 234 Å². The number of anilines is 2. The highest BCUT2D eigenvalue weighted by Crippen LogP contribution is 2.38. The highest BCUT2D eigenvalue weighted by atomic mass is 32.2. The highest BCUT2D eigenvalue weighted by Gasteiger charge is 2.39. The van der Waals surface area contributed by atoms with Crippen LogP contribution in [-0.2, 0) is 24.8 Å². The van der Waals surface area contributed by atoms with Crippen LogP contribution in [0.1, 0.15) is 11.1 Å². The van der Waals surface area contributed by atoms with E-state index in [1.807, 2.05) is 0 Å². The lowest BCUT2D eigenvalue weighted by Crippen LogP contribution is -2.39. The zero-order valence-corrected chi connectivity index (χ0v) is 23.3. The second-order valence-corrected chi connectivity index (χ2v) is 12.9. The molecule has 0 aliphatic carbocycles. The molecule has 14 heteroatoms. The third kappa shape index (κ3) is 6.28. The van der Waals surface area contributed by atoms with Crippen LogP contribution in [0, 0.1) is 13.8 Å². The molecule has 9 nitrogen and oxygen atoms in total. The van der Waals surface area contributed by atoms with Crippen LogP contribution in [0.2, 0.25) is 0 Å². The molecule has 4 rings (SSSR count). The Morgan fingerprint density at radius 1 is 0.780 bits per heavy atom. The van der Waals surface area contributed by atoms with Crippen molar-refractivity contribution >= 4 is 48.3 Å². The van der Waals surface area contributed by atoms with Crippen LogP contribution >= 0.6 is 0 Å². The third-order valence-electron chi connectivity index (χ3n) is 6.08. The van der Waals surface area contributed by atoms with Crippen molar-refractivity contribution in [3.63, 3.8) is 0 Å². The van der Waals surface area contributed by atoms with Gasteiger partial charge in [-0.15, -0.1) is 0 Å². The maximum atomic E-state index is 13.7. The topological polar surface area (TPSA) is 125 Å². The fourth-order valence-corrected chi connectivity index (χ4v) is 6.94. The van der Waals surface area contributed by atoms with E-state index in [4.69, 9.17) is 0 Å². The number of rotatable bonds is 9. The number of aromatic nitrogens is 1. The molecule has 0 amide bonds. The van der Waals surface area contributed by atoms with E-state index in [9.17, 15) is 39.9 Å². The number of nitrogens with zero attached hydrogens (tertiary/aromatic N) is 3. The molecule has 41 heavy (non-hydrogen) atoms. The van der Waals surface area contributed by atoms with Gasteiger partial charge < -0.3 is 5.11 Å². The molecule has 216 valence electrons. The molecule has 0 saturated heterocycles.